The van der Waals surface area contributed by atoms with Gasteiger partial charge in [0.05, 0.1) is 12.2 Å². The van der Waals surface area contributed by atoms with E-state index in [1.807, 2.05) is 30.3 Å². The van der Waals surface area contributed by atoms with Gasteiger partial charge in [-0.05, 0) is 71.0 Å². The van der Waals surface area contributed by atoms with E-state index >= 15 is 0 Å². The molecule has 1 aliphatic carbocycles. The SMILES string of the molecule is CCOC(=O)[C@@]12Oc3c(cc(Cl)cc3-c3nc4cc(C(C)(C)C)cc(C(C)(C)C)c4o3)C[C@H]1Cc1ccccc1[C@H]2O. The van der Waals surface area contributed by atoms with Gasteiger partial charge in [-0.15, -0.1) is 0 Å². The molecule has 0 saturated carbocycles. The average Bonchev–Trinajstić information content (AvgIpc) is 3.34. The van der Waals surface area contributed by atoms with Crippen molar-refractivity contribution in [2.45, 2.75) is 83.8 Å². The summed E-state index contributed by atoms with van der Waals surface area (Å²) in [4.78, 5) is 18.7. The Morgan fingerprint density at radius 1 is 1.05 bits per heavy atom. The number of benzene rings is 3. The molecule has 2 heterocycles. The summed E-state index contributed by atoms with van der Waals surface area (Å²) in [6, 6.07) is 15.5. The lowest BCUT2D eigenvalue weighted by atomic mass is 9.66. The largest absolute Gasteiger partial charge is 0.471 e. The highest BCUT2D eigenvalue weighted by atomic mass is 35.5. The molecule has 1 aromatic heterocycles. The second kappa shape index (κ2) is 9.85. The zero-order valence-electron chi connectivity index (χ0n) is 25.3. The molecule has 0 unspecified atom stereocenters. The number of oxazole rings is 1. The zero-order valence-corrected chi connectivity index (χ0v) is 26.1. The maximum absolute atomic E-state index is 13.8. The van der Waals surface area contributed by atoms with Crippen molar-refractivity contribution in [1.82, 2.24) is 4.98 Å². The van der Waals surface area contributed by atoms with Gasteiger partial charge in [-0.25, -0.2) is 9.78 Å². The van der Waals surface area contributed by atoms with Crippen LogP contribution in [0.15, 0.2) is 52.9 Å². The summed E-state index contributed by atoms with van der Waals surface area (Å²) >= 11 is 6.69. The molecule has 4 aromatic rings. The molecule has 3 aromatic carbocycles. The molecule has 220 valence electrons. The first-order valence-electron chi connectivity index (χ1n) is 14.6. The van der Waals surface area contributed by atoms with E-state index in [-0.39, 0.29) is 23.4 Å². The summed E-state index contributed by atoms with van der Waals surface area (Å²) in [5.74, 6) is -0.151. The highest BCUT2D eigenvalue weighted by Crippen LogP contribution is 2.53. The first kappa shape index (κ1) is 28.8. The van der Waals surface area contributed by atoms with Crippen LogP contribution in [0.5, 0.6) is 5.75 Å². The fourth-order valence-electron chi connectivity index (χ4n) is 6.44. The molecule has 6 rings (SSSR count). The Kier molecular flexibility index (Phi) is 6.74. The molecular weight excluding hydrogens is 550 g/mol. The van der Waals surface area contributed by atoms with Crippen LogP contribution in [-0.4, -0.2) is 28.3 Å². The minimum absolute atomic E-state index is 0.0833. The fraction of sp³-hybridized carbons (Fsp3) is 0.429. The Morgan fingerprint density at radius 3 is 2.45 bits per heavy atom. The van der Waals surface area contributed by atoms with Gasteiger partial charge in [0, 0.05) is 16.5 Å². The summed E-state index contributed by atoms with van der Waals surface area (Å²) in [5.41, 5.74) is 4.82. The van der Waals surface area contributed by atoms with Crippen LogP contribution in [0.3, 0.4) is 0 Å². The monoisotopic (exact) mass is 587 g/mol. The molecule has 0 bridgehead atoms. The molecule has 6 nitrogen and oxygen atoms in total. The number of nitrogens with zero attached hydrogens (tertiary/aromatic N) is 1. The van der Waals surface area contributed by atoms with E-state index in [0.29, 0.717) is 46.2 Å². The second-order valence-corrected chi connectivity index (χ2v) is 14.1. The normalized spacial score (nSPS) is 21.7. The van der Waals surface area contributed by atoms with Crippen molar-refractivity contribution in [2.24, 2.45) is 5.92 Å². The predicted molar refractivity (Wildman–Crippen MR) is 164 cm³/mol. The van der Waals surface area contributed by atoms with Gasteiger partial charge in [0.2, 0.25) is 11.5 Å². The smallest absolute Gasteiger partial charge is 0.353 e. The average molecular weight is 588 g/mol. The Labute approximate surface area is 252 Å². The number of carbonyl (C=O) groups excluding carboxylic acids is 1. The van der Waals surface area contributed by atoms with E-state index in [4.69, 9.17) is 30.5 Å². The van der Waals surface area contributed by atoms with E-state index in [1.165, 1.54) is 0 Å². The van der Waals surface area contributed by atoms with Gasteiger partial charge in [-0.3, -0.25) is 0 Å². The van der Waals surface area contributed by atoms with Crippen molar-refractivity contribution >= 4 is 28.7 Å². The van der Waals surface area contributed by atoms with Gasteiger partial charge >= 0.3 is 5.97 Å². The van der Waals surface area contributed by atoms with Gasteiger partial charge in [0.15, 0.2) is 5.58 Å². The lowest BCUT2D eigenvalue weighted by Crippen LogP contribution is -2.61. The molecule has 0 radical (unpaired) electrons. The van der Waals surface area contributed by atoms with Crippen LogP contribution in [0.2, 0.25) is 5.02 Å². The van der Waals surface area contributed by atoms with E-state index < -0.39 is 17.7 Å². The Bertz CT molecular complexity index is 1710. The number of aromatic nitrogens is 1. The van der Waals surface area contributed by atoms with E-state index in [2.05, 4.69) is 53.7 Å². The first-order chi connectivity index (χ1) is 19.7. The number of aliphatic hydroxyl groups is 1. The van der Waals surface area contributed by atoms with Crippen LogP contribution in [0, 0.1) is 5.92 Å². The number of ether oxygens (including phenoxy) is 2. The summed E-state index contributed by atoms with van der Waals surface area (Å²) in [6.07, 6.45) is -0.191. The lowest BCUT2D eigenvalue weighted by Gasteiger charge is -2.48. The molecule has 0 spiro atoms. The van der Waals surface area contributed by atoms with Crippen molar-refractivity contribution in [3.05, 3.63) is 81.4 Å². The van der Waals surface area contributed by atoms with Crippen molar-refractivity contribution in [3.63, 3.8) is 0 Å². The van der Waals surface area contributed by atoms with Gasteiger partial charge in [0.1, 0.15) is 17.4 Å². The number of rotatable bonds is 3. The maximum atomic E-state index is 13.8. The Balaban J connectivity index is 1.56. The third kappa shape index (κ3) is 4.51. The standard InChI is InChI=1S/C35H38ClNO5/c1-8-40-32(39)35-22(13-19-11-9-10-12-24(19)30(35)38)14-20-15-23(36)18-25(28(20)42-35)31-37-27-17-21(33(2,3)4)16-26(29(27)41-31)34(5,6)7/h9-12,15-18,22,30,38H,8,13-14H2,1-7H3/t22-,30-,35-/m1/s1. The van der Waals surface area contributed by atoms with Crippen molar-refractivity contribution in [1.29, 1.82) is 0 Å². The quantitative estimate of drug-likeness (QED) is 0.245. The molecule has 42 heavy (non-hydrogen) atoms. The van der Waals surface area contributed by atoms with E-state index in [9.17, 15) is 9.90 Å². The number of fused-ring (bicyclic) bond motifs is 4. The molecule has 1 aliphatic heterocycles. The number of hydrogen-bond donors (Lipinski definition) is 1. The van der Waals surface area contributed by atoms with E-state index in [0.717, 1.165) is 27.8 Å². The van der Waals surface area contributed by atoms with Gasteiger partial charge in [-0.1, -0.05) is 83.5 Å². The fourth-order valence-corrected chi connectivity index (χ4v) is 6.68. The predicted octanol–water partition coefficient (Wildman–Crippen LogP) is 7.89. The molecule has 7 heteroatoms. The third-order valence-electron chi connectivity index (χ3n) is 8.69. The molecule has 0 fully saturated rings. The summed E-state index contributed by atoms with van der Waals surface area (Å²) in [5, 5.41) is 12.3. The second-order valence-electron chi connectivity index (χ2n) is 13.7. The topological polar surface area (TPSA) is 81.8 Å². The van der Waals surface area contributed by atoms with Crippen molar-refractivity contribution in [3.8, 4) is 17.2 Å². The highest BCUT2D eigenvalue weighted by molar-refractivity contribution is 6.31. The maximum Gasteiger partial charge on any atom is 0.353 e. The molecule has 0 amide bonds. The number of halogens is 1. The van der Waals surface area contributed by atoms with Gasteiger partial charge in [0.25, 0.3) is 0 Å². The number of hydrogen-bond acceptors (Lipinski definition) is 6. The first-order valence-corrected chi connectivity index (χ1v) is 15.0. The minimum atomic E-state index is -1.62. The molecule has 1 N–H and O–H groups in total. The molecule has 2 aliphatic rings. The number of esters is 1. The van der Waals surface area contributed by atoms with Gasteiger partial charge < -0.3 is 19.0 Å². The Hall–Kier alpha value is -3.35. The number of aliphatic hydroxyl groups excluding tert-OH is 1. The molecule has 3 atom stereocenters. The number of carbonyl (C=O) groups is 1. The van der Waals surface area contributed by atoms with Crippen LogP contribution in [0.1, 0.15) is 82.4 Å². The third-order valence-corrected chi connectivity index (χ3v) is 8.90. The van der Waals surface area contributed by atoms with Crippen LogP contribution < -0.4 is 4.74 Å². The van der Waals surface area contributed by atoms with Crippen molar-refractivity contribution < 1.29 is 23.8 Å². The lowest BCUT2D eigenvalue weighted by molar-refractivity contribution is -0.187. The minimum Gasteiger partial charge on any atom is -0.471 e. The Morgan fingerprint density at radius 2 is 1.76 bits per heavy atom. The summed E-state index contributed by atoms with van der Waals surface area (Å²) in [6.45, 7) is 14.9. The van der Waals surface area contributed by atoms with Crippen LogP contribution in [0.25, 0.3) is 22.6 Å². The molecular formula is C35H38ClNO5. The van der Waals surface area contributed by atoms with Crippen LogP contribution in [-0.2, 0) is 33.2 Å². The van der Waals surface area contributed by atoms with Crippen LogP contribution in [0.4, 0.5) is 0 Å². The zero-order chi connectivity index (χ0) is 30.2. The summed E-state index contributed by atoms with van der Waals surface area (Å²) < 4.78 is 18.8. The molecule has 0 saturated heterocycles. The highest BCUT2D eigenvalue weighted by Gasteiger charge is 2.60. The van der Waals surface area contributed by atoms with Crippen LogP contribution >= 0.6 is 11.6 Å². The summed E-state index contributed by atoms with van der Waals surface area (Å²) in [7, 11) is 0. The van der Waals surface area contributed by atoms with E-state index in [1.54, 1.807) is 13.0 Å². The van der Waals surface area contributed by atoms with Gasteiger partial charge in [-0.2, -0.15) is 0 Å². The van der Waals surface area contributed by atoms with Crippen molar-refractivity contribution in [2.75, 3.05) is 6.61 Å².